The van der Waals surface area contributed by atoms with Crippen molar-refractivity contribution in [2.45, 2.75) is 92.9 Å². The molecule has 6 unspecified atom stereocenters. The molecule has 2 fully saturated rings. The van der Waals surface area contributed by atoms with Crippen LogP contribution in [0.15, 0.2) is 0 Å². The highest BCUT2D eigenvalue weighted by atomic mass is 16.5. The van der Waals surface area contributed by atoms with Gasteiger partial charge in [0.25, 0.3) is 0 Å². The van der Waals surface area contributed by atoms with E-state index in [0.717, 1.165) is 25.7 Å². The number of ether oxygens (including phenoxy) is 1. The van der Waals surface area contributed by atoms with Gasteiger partial charge in [0.2, 0.25) is 0 Å². The predicted molar refractivity (Wildman–Crippen MR) is 112 cm³/mol. The molecular formula is C24H42O4. The van der Waals surface area contributed by atoms with Gasteiger partial charge in [0, 0.05) is 0 Å². The Morgan fingerprint density at radius 2 is 1.71 bits per heavy atom. The molecule has 0 aromatic rings. The predicted octanol–water partition coefficient (Wildman–Crippen LogP) is 5.94. The maximum Gasteiger partial charge on any atom is 0.309 e. The van der Waals surface area contributed by atoms with Crippen molar-refractivity contribution in [2.75, 3.05) is 6.61 Å². The molecular weight excluding hydrogens is 352 g/mol. The zero-order valence-corrected chi connectivity index (χ0v) is 18.9. The maximum absolute atomic E-state index is 12.8. The highest BCUT2D eigenvalue weighted by Gasteiger charge is 2.52. The molecule has 0 heterocycles. The number of hydrogen-bond acceptors (Lipinski definition) is 3. The van der Waals surface area contributed by atoms with Gasteiger partial charge in [0.15, 0.2) is 0 Å². The Bertz CT molecular complexity index is 555. The Labute approximate surface area is 171 Å². The SMILES string of the molecule is CCCCC1(C)C(COC(=O)C2CCC(C)CC2C(=O)O)CCC(C)C1(C)C. The molecule has 2 aliphatic carbocycles. The highest BCUT2D eigenvalue weighted by molar-refractivity contribution is 5.81. The Balaban J connectivity index is 2.08. The first-order chi connectivity index (χ1) is 13.0. The number of carbonyl (C=O) groups is 2. The number of hydrogen-bond donors (Lipinski definition) is 1. The summed E-state index contributed by atoms with van der Waals surface area (Å²) < 4.78 is 5.84. The fourth-order valence-corrected chi connectivity index (χ4v) is 5.78. The number of unbranched alkanes of at least 4 members (excludes halogenated alkanes) is 1. The molecule has 6 atom stereocenters. The van der Waals surface area contributed by atoms with E-state index in [1.165, 1.54) is 12.8 Å². The number of carboxylic acid groups (broad SMARTS) is 1. The topological polar surface area (TPSA) is 63.6 Å². The van der Waals surface area contributed by atoms with Crippen molar-refractivity contribution in [3.63, 3.8) is 0 Å². The van der Waals surface area contributed by atoms with E-state index in [-0.39, 0.29) is 16.8 Å². The molecule has 0 radical (unpaired) electrons. The van der Waals surface area contributed by atoms with Crippen LogP contribution >= 0.6 is 0 Å². The molecule has 0 saturated heterocycles. The largest absolute Gasteiger partial charge is 0.481 e. The van der Waals surface area contributed by atoms with Crippen molar-refractivity contribution in [2.24, 2.45) is 40.4 Å². The maximum atomic E-state index is 12.8. The van der Waals surface area contributed by atoms with Crippen LogP contribution in [0.2, 0.25) is 0 Å². The van der Waals surface area contributed by atoms with E-state index in [1.807, 2.05) is 0 Å². The monoisotopic (exact) mass is 394 g/mol. The normalized spacial score (nSPS) is 38.0. The fourth-order valence-electron chi connectivity index (χ4n) is 5.78. The second kappa shape index (κ2) is 9.17. The summed E-state index contributed by atoms with van der Waals surface area (Å²) in [5.74, 6) is -0.847. The summed E-state index contributed by atoms with van der Waals surface area (Å²) in [7, 11) is 0. The van der Waals surface area contributed by atoms with Crippen LogP contribution in [0.5, 0.6) is 0 Å². The van der Waals surface area contributed by atoms with Gasteiger partial charge in [-0.05, 0) is 67.1 Å². The highest BCUT2D eigenvalue weighted by Crippen LogP contribution is 2.58. The smallest absolute Gasteiger partial charge is 0.309 e. The quantitative estimate of drug-likeness (QED) is 0.543. The minimum absolute atomic E-state index is 0.133. The van der Waals surface area contributed by atoms with Crippen molar-refractivity contribution in [1.82, 2.24) is 0 Å². The lowest BCUT2D eigenvalue weighted by Gasteiger charge is -2.56. The van der Waals surface area contributed by atoms with E-state index in [2.05, 4.69) is 41.5 Å². The molecule has 4 nitrogen and oxygen atoms in total. The van der Waals surface area contributed by atoms with E-state index in [4.69, 9.17) is 4.74 Å². The van der Waals surface area contributed by atoms with Crippen molar-refractivity contribution in [1.29, 1.82) is 0 Å². The Hall–Kier alpha value is -1.06. The lowest BCUT2D eigenvalue weighted by molar-refractivity contribution is -0.166. The molecule has 28 heavy (non-hydrogen) atoms. The molecule has 162 valence electrons. The van der Waals surface area contributed by atoms with Gasteiger partial charge in [0.05, 0.1) is 18.4 Å². The molecule has 0 amide bonds. The fraction of sp³-hybridized carbons (Fsp3) is 0.917. The summed E-state index contributed by atoms with van der Waals surface area (Å²) in [5, 5.41) is 9.56. The van der Waals surface area contributed by atoms with Crippen LogP contribution in [-0.4, -0.2) is 23.7 Å². The van der Waals surface area contributed by atoms with E-state index in [1.54, 1.807) is 0 Å². The van der Waals surface area contributed by atoms with Crippen LogP contribution in [0.1, 0.15) is 92.9 Å². The van der Waals surface area contributed by atoms with E-state index >= 15 is 0 Å². The summed E-state index contributed by atoms with van der Waals surface area (Å²) in [6, 6.07) is 0. The first kappa shape index (κ1) is 23.2. The third-order valence-corrected chi connectivity index (χ3v) is 8.76. The molecule has 0 aromatic carbocycles. The summed E-state index contributed by atoms with van der Waals surface area (Å²) in [6.45, 7) is 14.2. The molecule has 0 aromatic heterocycles. The van der Waals surface area contributed by atoms with Crippen molar-refractivity contribution in [3.05, 3.63) is 0 Å². The number of aliphatic carboxylic acids is 1. The lowest BCUT2D eigenvalue weighted by atomic mass is 9.49. The second-order valence-corrected chi connectivity index (χ2v) is 10.5. The zero-order valence-electron chi connectivity index (χ0n) is 18.9. The van der Waals surface area contributed by atoms with Crippen LogP contribution in [-0.2, 0) is 14.3 Å². The van der Waals surface area contributed by atoms with Gasteiger partial charge in [-0.15, -0.1) is 0 Å². The van der Waals surface area contributed by atoms with Crippen molar-refractivity contribution >= 4 is 11.9 Å². The van der Waals surface area contributed by atoms with E-state index < -0.39 is 17.8 Å². The standard InChI is InChI=1S/C24H42O4/c1-7-8-13-24(6)18(11-10-17(3)23(24,4)5)15-28-22(27)19-12-9-16(2)14-20(19)21(25)26/h16-20H,7-15H2,1-6H3,(H,25,26). The summed E-state index contributed by atoms with van der Waals surface area (Å²) in [6.07, 6.45) is 7.89. The van der Waals surface area contributed by atoms with Crippen molar-refractivity contribution in [3.8, 4) is 0 Å². The molecule has 0 spiro atoms. The Morgan fingerprint density at radius 3 is 2.32 bits per heavy atom. The molecule has 4 heteroatoms. The van der Waals surface area contributed by atoms with Crippen molar-refractivity contribution < 1.29 is 19.4 Å². The first-order valence-corrected chi connectivity index (χ1v) is 11.4. The van der Waals surface area contributed by atoms with Gasteiger partial charge >= 0.3 is 11.9 Å². The summed E-state index contributed by atoms with van der Waals surface area (Å²) in [4.78, 5) is 24.5. The van der Waals surface area contributed by atoms with E-state index in [9.17, 15) is 14.7 Å². The molecule has 0 bridgehead atoms. The van der Waals surface area contributed by atoms with Gasteiger partial charge in [-0.3, -0.25) is 9.59 Å². The van der Waals surface area contributed by atoms with Gasteiger partial charge in [0.1, 0.15) is 0 Å². The summed E-state index contributed by atoms with van der Waals surface area (Å²) in [5.41, 5.74) is 0.329. The molecule has 2 saturated carbocycles. The average Bonchev–Trinajstić information content (AvgIpc) is 2.64. The van der Waals surface area contributed by atoms with Gasteiger partial charge < -0.3 is 9.84 Å². The molecule has 2 rings (SSSR count). The lowest BCUT2D eigenvalue weighted by Crippen LogP contribution is -2.51. The average molecular weight is 395 g/mol. The number of carbonyl (C=O) groups excluding carboxylic acids is 1. The van der Waals surface area contributed by atoms with Crippen LogP contribution in [0.4, 0.5) is 0 Å². The van der Waals surface area contributed by atoms with Crippen LogP contribution in [0.25, 0.3) is 0 Å². The number of esters is 1. The van der Waals surface area contributed by atoms with Gasteiger partial charge in [-0.2, -0.15) is 0 Å². The van der Waals surface area contributed by atoms with Crippen LogP contribution in [0, 0.1) is 40.4 Å². The minimum Gasteiger partial charge on any atom is -0.481 e. The van der Waals surface area contributed by atoms with Gasteiger partial charge in [-0.1, -0.05) is 54.4 Å². The number of carboxylic acids is 1. The second-order valence-electron chi connectivity index (χ2n) is 10.5. The summed E-state index contributed by atoms with van der Waals surface area (Å²) >= 11 is 0. The molecule has 1 N–H and O–H groups in total. The Morgan fingerprint density at radius 1 is 1.04 bits per heavy atom. The third kappa shape index (κ3) is 4.57. The third-order valence-electron chi connectivity index (χ3n) is 8.76. The van der Waals surface area contributed by atoms with Crippen LogP contribution < -0.4 is 0 Å². The Kier molecular flexibility index (Phi) is 7.61. The zero-order chi connectivity index (χ0) is 21.1. The minimum atomic E-state index is -0.853. The van der Waals surface area contributed by atoms with Crippen LogP contribution in [0.3, 0.4) is 0 Å². The molecule has 2 aliphatic rings. The van der Waals surface area contributed by atoms with Gasteiger partial charge in [-0.25, -0.2) is 0 Å². The molecule has 0 aliphatic heterocycles. The number of rotatable bonds is 7. The van der Waals surface area contributed by atoms with E-state index in [0.29, 0.717) is 37.2 Å². The first-order valence-electron chi connectivity index (χ1n) is 11.4.